The van der Waals surface area contributed by atoms with Gasteiger partial charge in [0.1, 0.15) is 35.5 Å². The maximum atomic E-state index is 13.4. The van der Waals surface area contributed by atoms with Gasteiger partial charge in [-0.25, -0.2) is 9.97 Å². The number of nitrogens with two attached hydrogens (primary N) is 1. The van der Waals surface area contributed by atoms with Crippen LogP contribution in [0.4, 0.5) is 30.5 Å². The highest BCUT2D eigenvalue weighted by atomic mass is 19.4. The molecule has 12 heteroatoms. The quantitative estimate of drug-likeness (QED) is 0.568. The van der Waals surface area contributed by atoms with Crippen molar-refractivity contribution in [1.29, 1.82) is 0 Å². The van der Waals surface area contributed by atoms with Crippen molar-refractivity contribution in [3.63, 3.8) is 0 Å². The second-order valence-corrected chi connectivity index (χ2v) is 8.09. The first-order valence-electron chi connectivity index (χ1n) is 9.87. The first kappa shape index (κ1) is 21.5. The summed E-state index contributed by atoms with van der Waals surface area (Å²) in [6.45, 7) is 2.77. The molecule has 0 bridgehead atoms. The zero-order valence-corrected chi connectivity index (χ0v) is 17.1. The molecule has 1 unspecified atom stereocenters. The lowest BCUT2D eigenvalue weighted by Crippen LogP contribution is -2.55. The lowest BCUT2D eigenvalue weighted by Gasteiger charge is -2.41. The predicted molar refractivity (Wildman–Crippen MR) is 108 cm³/mol. The molecule has 0 saturated carbocycles. The lowest BCUT2D eigenvalue weighted by atomic mass is 9.96. The topological polar surface area (TPSA) is 121 Å². The third-order valence-electron chi connectivity index (χ3n) is 5.99. The number of aliphatic hydroxyl groups is 1. The smallest absolute Gasteiger partial charge is 0.383 e. The predicted octanol–water partition coefficient (Wildman–Crippen LogP) is 1.49. The summed E-state index contributed by atoms with van der Waals surface area (Å²) in [6, 6.07) is 1.62. The van der Waals surface area contributed by atoms with E-state index in [2.05, 4.69) is 20.6 Å². The minimum atomic E-state index is -4.28. The van der Waals surface area contributed by atoms with Gasteiger partial charge in [-0.05, 0) is 38.3 Å². The maximum Gasteiger partial charge on any atom is 0.401 e. The Labute approximate surface area is 176 Å². The van der Waals surface area contributed by atoms with Crippen molar-refractivity contribution in [2.24, 2.45) is 0 Å². The summed E-state index contributed by atoms with van der Waals surface area (Å²) in [5.41, 5.74) is 6.35. The Morgan fingerprint density at radius 3 is 2.65 bits per heavy atom. The molecule has 2 aliphatic heterocycles. The molecule has 4 rings (SSSR count). The van der Waals surface area contributed by atoms with Gasteiger partial charge in [0.15, 0.2) is 0 Å². The minimum Gasteiger partial charge on any atom is -0.383 e. The van der Waals surface area contributed by atoms with E-state index in [1.165, 1.54) is 15.8 Å². The summed E-state index contributed by atoms with van der Waals surface area (Å²) in [7, 11) is 0. The van der Waals surface area contributed by atoms with Crippen LogP contribution in [0, 0.1) is 13.8 Å². The molecule has 0 amide bonds. The Kier molecular flexibility index (Phi) is 5.18. The van der Waals surface area contributed by atoms with Crippen LogP contribution in [-0.2, 0) is 5.66 Å². The molecule has 31 heavy (non-hydrogen) atoms. The molecule has 5 N–H and O–H groups in total. The number of piperidine rings is 1. The second kappa shape index (κ2) is 7.46. The summed E-state index contributed by atoms with van der Waals surface area (Å²) >= 11 is 0. The highest BCUT2D eigenvalue weighted by Gasteiger charge is 2.47. The highest BCUT2D eigenvalue weighted by Crippen LogP contribution is 2.38. The van der Waals surface area contributed by atoms with Crippen LogP contribution in [0.25, 0.3) is 0 Å². The van der Waals surface area contributed by atoms with E-state index < -0.39 is 30.2 Å². The van der Waals surface area contributed by atoms with Gasteiger partial charge in [0.25, 0.3) is 5.56 Å². The number of aromatic nitrogens is 3. The first-order chi connectivity index (χ1) is 14.5. The molecular weight excluding hydrogens is 415 g/mol. The molecule has 1 saturated heterocycles. The molecule has 9 nitrogen and oxygen atoms in total. The first-order valence-corrected chi connectivity index (χ1v) is 9.87. The summed E-state index contributed by atoms with van der Waals surface area (Å²) in [6.07, 6.45) is -3.60. The van der Waals surface area contributed by atoms with Crippen LogP contribution < -0.4 is 21.9 Å². The molecule has 0 aromatic carbocycles. The monoisotopic (exact) mass is 439 g/mol. The maximum absolute atomic E-state index is 13.4. The number of hydrogen-bond donors (Lipinski definition) is 4. The summed E-state index contributed by atoms with van der Waals surface area (Å²) < 4.78 is 39.8. The number of nitrogens with zero attached hydrogens (tertiary/aromatic N) is 4. The van der Waals surface area contributed by atoms with Crippen LogP contribution in [0.15, 0.2) is 17.2 Å². The zero-order valence-electron chi connectivity index (χ0n) is 17.1. The average Bonchev–Trinajstić information content (AvgIpc) is 2.96. The molecule has 2 aromatic heterocycles. The van der Waals surface area contributed by atoms with Gasteiger partial charge < -0.3 is 16.2 Å². The van der Waals surface area contributed by atoms with Crippen molar-refractivity contribution >= 4 is 17.3 Å². The number of halogens is 3. The van der Waals surface area contributed by atoms with E-state index in [1.54, 1.807) is 19.9 Å². The van der Waals surface area contributed by atoms with Gasteiger partial charge in [0.05, 0.1) is 12.2 Å². The minimum absolute atomic E-state index is 0.142. The summed E-state index contributed by atoms with van der Waals surface area (Å²) in [4.78, 5) is 22.8. The summed E-state index contributed by atoms with van der Waals surface area (Å²) in [5.74, 6) is 0.659. The Bertz CT molecular complexity index is 1060. The van der Waals surface area contributed by atoms with Crippen molar-refractivity contribution in [2.45, 2.75) is 44.8 Å². The van der Waals surface area contributed by atoms with E-state index in [1.807, 2.05) is 0 Å². The molecule has 1 atom stereocenters. The molecule has 0 aliphatic carbocycles. The number of likely N-dealkylation sites (tertiary alicyclic amines) is 1. The number of anilines is 3. The van der Waals surface area contributed by atoms with E-state index in [4.69, 9.17) is 5.73 Å². The number of alkyl halides is 3. The number of aliphatic hydroxyl groups excluding tert-OH is 1. The standard InChI is InChI=1S/C19H24F3N7O2/c1-10-7-12(26-15-11(2)14(23)24-9-25-15)17(31)29-13(10)16(30)27-18(29)3-5-28(6-4-18)8-19(20,21)22/h7,9,16,27,30H,3-6,8H2,1-2H3,(H3,23,24,25,26). The third-order valence-corrected chi connectivity index (χ3v) is 5.99. The van der Waals surface area contributed by atoms with Gasteiger partial charge in [-0.2, -0.15) is 13.2 Å². The Morgan fingerprint density at radius 1 is 1.32 bits per heavy atom. The largest absolute Gasteiger partial charge is 0.401 e. The van der Waals surface area contributed by atoms with Gasteiger partial charge in [0, 0.05) is 18.7 Å². The van der Waals surface area contributed by atoms with Crippen LogP contribution in [0.1, 0.15) is 35.9 Å². The van der Waals surface area contributed by atoms with Gasteiger partial charge in [-0.3, -0.25) is 19.6 Å². The fraction of sp³-hybridized carbons (Fsp3) is 0.526. The van der Waals surface area contributed by atoms with E-state index in [-0.39, 0.29) is 37.4 Å². The number of nitrogen functional groups attached to an aromatic ring is 1. The van der Waals surface area contributed by atoms with Gasteiger partial charge in [-0.15, -0.1) is 0 Å². The molecule has 2 aromatic rings. The fourth-order valence-electron chi connectivity index (χ4n) is 4.42. The SMILES string of the molecule is Cc1cc(Nc2ncnc(N)c2C)c(=O)n2c1C(O)NC21CCN(CC(F)(F)F)CC1. The van der Waals surface area contributed by atoms with Gasteiger partial charge in [0.2, 0.25) is 0 Å². The van der Waals surface area contributed by atoms with Crippen molar-refractivity contribution in [3.05, 3.63) is 39.6 Å². The molecule has 4 heterocycles. The van der Waals surface area contributed by atoms with E-state index in [9.17, 15) is 23.1 Å². The van der Waals surface area contributed by atoms with Crippen molar-refractivity contribution in [3.8, 4) is 0 Å². The Hall–Kier alpha value is -2.70. The molecule has 168 valence electrons. The molecule has 1 spiro atoms. The fourth-order valence-corrected chi connectivity index (χ4v) is 4.42. The number of fused-ring (bicyclic) bond motifs is 2. The van der Waals surface area contributed by atoms with Crippen LogP contribution in [0.2, 0.25) is 0 Å². The van der Waals surface area contributed by atoms with Crippen LogP contribution in [0.3, 0.4) is 0 Å². The molecular formula is C19H24F3N7O2. The molecule has 2 aliphatic rings. The van der Waals surface area contributed by atoms with E-state index in [0.717, 1.165) is 0 Å². The number of hydrogen-bond acceptors (Lipinski definition) is 8. The molecule has 0 radical (unpaired) electrons. The van der Waals surface area contributed by atoms with Gasteiger partial charge >= 0.3 is 6.18 Å². The number of nitrogens with one attached hydrogen (secondary N) is 2. The normalized spacial score (nSPS) is 20.8. The number of aryl methyl sites for hydroxylation is 1. The van der Waals surface area contributed by atoms with Crippen LogP contribution >= 0.6 is 0 Å². The van der Waals surface area contributed by atoms with Crippen LogP contribution in [0.5, 0.6) is 0 Å². The lowest BCUT2D eigenvalue weighted by molar-refractivity contribution is -0.151. The van der Waals surface area contributed by atoms with E-state index >= 15 is 0 Å². The van der Waals surface area contributed by atoms with Crippen molar-refractivity contribution in [1.82, 2.24) is 24.8 Å². The number of pyridine rings is 1. The van der Waals surface area contributed by atoms with Crippen molar-refractivity contribution < 1.29 is 18.3 Å². The molecule has 1 fully saturated rings. The Balaban J connectivity index is 1.70. The highest BCUT2D eigenvalue weighted by molar-refractivity contribution is 5.63. The number of rotatable bonds is 3. The van der Waals surface area contributed by atoms with Crippen LogP contribution in [-0.4, -0.2) is 50.4 Å². The van der Waals surface area contributed by atoms with Gasteiger partial charge in [-0.1, -0.05) is 0 Å². The average molecular weight is 439 g/mol. The zero-order chi connectivity index (χ0) is 22.6. The Morgan fingerprint density at radius 2 is 2.00 bits per heavy atom. The third kappa shape index (κ3) is 3.86. The second-order valence-electron chi connectivity index (χ2n) is 8.09. The van der Waals surface area contributed by atoms with E-state index in [0.29, 0.717) is 22.6 Å². The van der Waals surface area contributed by atoms with Crippen molar-refractivity contribution in [2.75, 3.05) is 30.7 Å². The summed E-state index contributed by atoms with van der Waals surface area (Å²) in [5, 5.41) is 16.6.